The number of non-ortho nitro benzene ring substituents is 1. The van der Waals surface area contributed by atoms with Crippen molar-refractivity contribution in [1.29, 1.82) is 0 Å². The zero-order chi connectivity index (χ0) is 15.4. The van der Waals surface area contributed by atoms with Gasteiger partial charge in [-0.15, -0.1) is 0 Å². The van der Waals surface area contributed by atoms with Crippen LogP contribution in [0.25, 0.3) is 12.2 Å². The smallest absolute Gasteiger partial charge is 0.269 e. The van der Waals surface area contributed by atoms with Gasteiger partial charge in [0.05, 0.1) is 11.5 Å². The van der Waals surface area contributed by atoms with E-state index >= 15 is 0 Å². The summed E-state index contributed by atoms with van der Waals surface area (Å²) >= 11 is 0. The third-order valence-electron chi connectivity index (χ3n) is 3.29. The van der Waals surface area contributed by atoms with Crippen molar-refractivity contribution in [2.45, 2.75) is 6.10 Å². The van der Waals surface area contributed by atoms with Crippen molar-refractivity contribution < 1.29 is 14.4 Å². The first kappa shape index (κ1) is 14.3. The van der Waals surface area contributed by atoms with E-state index in [2.05, 4.69) is 0 Å². The Balaban J connectivity index is 1.60. The van der Waals surface area contributed by atoms with Gasteiger partial charge in [0, 0.05) is 12.1 Å². The van der Waals surface area contributed by atoms with Crippen molar-refractivity contribution in [2.24, 2.45) is 0 Å². The number of nitrogens with zero attached hydrogens (tertiary/aromatic N) is 1. The predicted octanol–water partition coefficient (Wildman–Crippen LogP) is 3.54. The molecule has 0 spiro atoms. The van der Waals surface area contributed by atoms with E-state index in [1.54, 1.807) is 12.1 Å². The van der Waals surface area contributed by atoms with E-state index in [0.717, 1.165) is 23.5 Å². The van der Waals surface area contributed by atoms with Gasteiger partial charge < -0.3 is 9.47 Å². The van der Waals surface area contributed by atoms with Crippen LogP contribution >= 0.6 is 0 Å². The van der Waals surface area contributed by atoms with Gasteiger partial charge in [-0.25, -0.2) is 0 Å². The van der Waals surface area contributed by atoms with Crippen LogP contribution in [0.3, 0.4) is 0 Å². The number of benzene rings is 2. The molecule has 0 saturated carbocycles. The van der Waals surface area contributed by atoms with Crippen LogP contribution in [-0.4, -0.2) is 24.2 Å². The number of hydrogen-bond donors (Lipinski definition) is 0. The Kier molecular flexibility index (Phi) is 4.16. The molecule has 5 heteroatoms. The quantitative estimate of drug-likeness (QED) is 0.354. The summed E-state index contributed by atoms with van der Waals surface area (Å²) in [5.41, 5.74) is 2.04. The van der Waals surface area contributed by atoms with Crippen molar-refractivity contribution in [3.63, 3.8) is 0 Å². The van der Waals surface area contributed by atoms with Gasteiger partial charge in [-0.3, -0.25) is 10.1 Å². The Morgan fingerprint density at radius 1 is 1.09 bits per heavy atom. The summed E-state index contributed by atoms with van der Waals surface area (Å²) in [7, 11) is 0. The highest BCUT2D eigenvalue weighted by molar-refractivity contribution is 5.70. The SMILES string of the molecule is O=[N+]([O-])c1ccc(/C=C/c2ccc(OCC3CO3)cc2)cc1. The van der Waals surface area contributed by atoms with Gasteiger partial charge in [-0.1, -0.05) is 24.3 Å². The average Bonchev–Trinajstić information content (AvgIpc) is 3.36. The fourth-order valence-electron chi connectivity index (χ4n) is 1.93. The summed E-state index contributed by atoms with van der Waals surface area (Å²) in [6, 6.07) is 14.2. The van der Waals surface area contributed by atoms with Crippen molar-refractivity contribution >= 4 is 17.8 Å². The molecule has 2 aromatic rings. The van der Waals surface area contributed by atoms with Crippen LogP contribution in [0, 0.1) is 10.1 Å². The molecule has 0 radical (unpaired) electrons. The van der Waals surface area contributed by atoms with E-state index in [4.69, 9.17) is 9.47 Å². The maximum Gasteiger partial charge on any atom is 0.269 e. The Morgan fingerprint density at radius 2 is 1.64 bits per heavy atom. The standard InChI is InChI=1S/C17H15NO4/c19-18(20)15-7-3-13(4-8-15)1-2-14-5-9-16(10-6-14)21-11-17-12-22-17/h1-10,17H,11-12H2/b2-1+. The van der Waals surface area contributed by atoms with E-state index in [9.17, 15) is 10.1 Å². The van der Waals surface area contributed by atoms with Crippen molar-refractivity contribution in [2.75, 3.05) is 13.2 Å². The molecule has 1 aliphatic heterocycles. The summed E-state index contributed by atoms with van der Waals surface area (Å²) < 4.78 is 10.7. The molecule has 1 heterocycles. The van der Waals surface area contributed by atoms with Crippen molar-refractivity contribution in [3.8, 4) is 5.75 Å². The second kappa shape index (κ2) is 6.41. The van der Waals surface area contributed by atoms with Crippen LogP contribution < -0.4 is 4.74 Å². The first-order valence-electron chi connectivity index (χ1n) is 6.98. The number of ether oxygens (including phenoxy) is 2. The lowest BCUT2D eigenvalue weighted by Crippen LogP contribution is -2.03. The fraction of sp³-hybridized carbons (Fsp3) is 0.176. The summed E-state index contributed by atoms with van der Waals surface area (Å²) in [5.74, 6) is 0.822. The van der Waals surface area contributed by atoms with Crippen molar-refractivity contribution in [1.82, 2.24) is 0 Å². The number of rotatable bonds is 6. The lowest BCUT2D eigenvalue weighted by atomic mass is 10.1. The number of hydrogen-bond acceptors (Lipinski definition) is 4. The first-order chi connectivity index (χ1) is 10.7. The molecule has 112 valence electrons. The molecular weight excluding hydrogens is 282 g/mol. The molecule has 22 heavy (non-hydrogen) atoms. The molecule has 1 fully saturated rings. The van der Waals surface area contributed by atoms with E-state index in [1.807, 2.05) is 36.4 Å². The summed E-state index contributed by atoms with van der Waals surface area (Å²) in [6.45, 7) is 1.38. The highest BCUT2D eigenvalue weighted by atomic mass is 16.6. The van der Waals surface area contributed by atoms with Gasteiger partial charge in [0.1, 0.15) is 18.5 Å². The Labute approximate surface area is 127 Å². The molecule has 0 aliphatic carbocycles. The molecule has 0 amide bonds. The van der Waals surface area contributed by atoms with Crippen molar-refractivity contribution in [3.05, 3.63) is 69.8 Å². The van der Waals surface area contributed by atoms with Gasteiger partial charge in [-0.2, -0.15) is 0 Å². The molecule has 1 aliphatic rings. The number of nitro groups is 1. The van der Waals surface area contributed by atoms with Crippen LogP contribution in [0.4, 0.5) is 5.69 Å². The second-order valence-corrected chi connectivity index (χ2v) is 5.02. The van der Waals surface area contributed by atoms with E-state index < -0.39 is 4.92 Å². The highest BCUT2D eigenvalue weighted by Gasteiger charge is 2.22. The van der Waals surface area contributed by atoms with Gasteiger partial charge in [0.15, 0.2) is 0 Å². The largest absolute Gasteiger partial charge is 0.491 e. The van der Waals surface area contributed by atoms with Gasteiger partial charge in [0.2, 0.25) is 0 Å². The number of epoxide rings is 1. The molecular formula is C17H15NO4. The topological polar surface area (TPSA) is 64.9 Å². The van der Waals surface area contributed by atoms with Gasteiger partial charge in [-0.05, 0) is 35.4 Å². The minimum atomic E-state index is -0.404. The van der Waals surface area contributed by atoms with Crippen LogP contribution in [0.5, 0.6) is 5.75 Å². The van der Waals surface area contributed by atoms with Crippen LogP contribution in [0.15, 0.2) is 48.5 Å². The normalized spacial score (nSPS) is 16.6. The van der Waals surface area contributed by atoms with Gasteiger partial charge in [0.25, 0.3) is 5.69 Å². The average molecular weight is 297 g/mol. The van der Waals surface area contributed by atoms with Gasteiger partial charge >= 0.3 is 0 Å². The first-order valence-corrected chi connectivity index (χ1v) is 6.98. The third-order valence-corrected chi connectivity index (χ3v) is 3.29. The maximum absolute atomic E-state index is 10.6. The summed E-state index contributed by atoms with van der Waals surface area (Å²) in [5, 5.41) is 10.6. The predicted molar refractivity (Wildman–Crippen MR) is 83.7 cm³/mol. The van der Waals surface area contributed by atoms with E-state index in [1.165, 1.54) is 12.1 Å². The fourth-order valence-corrected chi connectivity index (χ4v) is 1.93. The molecule has 0 aromatic heterocycles. The minimum Gasteiger partial charge on any atom is -0.491 e. The molecule has 5 nitrogen and oxygen atoms in total. The second-order valence-electron chi connectivity index (χ2n) is 5.02. The molecule has 1 atom stereocenters. The lowest BCUT2D eigenvalue weighted by molar-refractivity contribution is -0.384. The minimum absolute atomic E-state index is 0.0956. The Bertz CT molecular complexity index is 673. The maximum atomic E-state index is 10.6. The molecule has 3 rings (SSSR count). The monoisotopic (exact) mass is 297 g/mol. The third kappa shape index (κ3) is 3.93. The molecule has 1 saturated heterocycles. The van der Waals surface area contributed by atoms with Crippen LogP contribution in [0.2, 0.25) is 0 Å². The van der Waals surface area contributed by atoms with E-state index in [-0.39, 0.29) is 11.8 Å². The summed E-state index contributed by atoms with van der Waals surface area (Å²) in [4.78, 5) is 10.2. The number of nitro benzene ring substituents is 1. The highest BCUT2D eigenvalue weighted by Crippen LogP contribution is 2.18. The van der Waals surface area contributed by atoms with Crippen LogP contribution in [-0.2, 0) is 4.74 Å². The molecule has 1 unspecified atom stereocenters. The van der Waals surface area contributed by atoms with E-state index in [0.29, 0.717) is 6.61 Å². The van der Waals surface area contributed by atoms with Crippen LogP contribution in [0.1, 0.15) is 11.1 Å². The lowest BCUT2D eigenvalue weighted by Gasteiger charge is -2.03. The zero-order valence-electron chi connectivity index (χ0n) is 11.8. The summed E-state index contributed by atoms with van der Waals surface area (Å²) in [6.07, 6.45) is 4.12. The zero-order valence-corrected chi connectivity index (χ0v) is 11.8. The Hall–Kier alpha value is -2.66. The molecule has 0 N–H and O–H groups in total. The molecule has 0 bridgehead atoms. The molecule has 2 aromatic carbocycles. The Morgan fingerprint density at radius 3 is 2.14 bits per heavy atom.